The molecule has 1 spiro atoms. The normalized spacial score (nSPS) is 20.0. The van der Waals surface area contributed by atoms with Gasteiger partial charge in [-0.3, -0.25) is 10.3 Å². The SMILES string of the molecule is CCCOc1ccc(C2=CC3(CCCCC3)ON2)cc1OC1Cc2ccccc2C1. The van der Waals surface area contributed by atoms with Crippen LogP contribution in [0.25, 0.3) is 5.70 Å². The lowest BCUT2D eigenvalue weighted by Gasteiger charge is -2.29. The van der Waals surface area contributed by atoms with Crippen molar-refractivity contribution < 1.29 is 14.3 Å². The Hall–Kier alpha value is -2.46. The first-order valence-electron chi connectivity index (χ1n) is 11.4. The summed E-state index contributed by atoms with van der Waals surface area (Å²) in [6, 6.07) is 14.9. The third kappa shape index (κ3) is 3.93. The summed E-state index contributed by atoms with van der Waals surface area (Å²) in [5.74, 6) is 1.65. The number of rotatable bonds is 6. The Balaban J connectivity index is 1.39. The summed E-state index contributed by atoms with van der Waals surface area (Å²) < 4.78 is 12.5. The highest BCUT2D eigenvalue weighted by Crippen LogP contribution is 2.40. The molecular weight excluding hydrogens is 374 g/mol. The van der Waals surface area contributed by atoms with Crippen molar-refractivity contribution in [3.05, 3.63) is 65.2 Å². The maximum Gasteiger partial charge on any atom is 0.162 e. The molecule has 0 amide bonds. The van der Waals surface area contributed by atoms with Crippen molar-refractivity contribution >= 4 is 5.70 Å². The van der Waals surface area contributed by atoms with Crippen LogP contribution in [-0.2, 0) is 17.7 Å². The summed E-state index contributed by atoms with van der Waals surface area (Å²) in [4.78, 5) is 6.04. The summed E-state index contributed by atoms with van der Waals surface area (Å²) >= 11 is 0. The van der Waals surface area contributed by atoms with Crippen molar-refractivity contribution in [2.75, 3.05) is 6.61 Å². The lowest BCUT2D eigenvalue weighted by atomic mass is 9.84. The van der Waals surface area contributed by atoms with Crippen LogP contribution in [0.5, 0.6) is 11.5 Å². The van der Waals surface area contributed by atoms with E-state index in [0.29, 0.717) is 6.61 Å². The fourth-order valence-electron chi connectivity index (χ4n) is 4.90. The molecule has 3 aliphatic rings. The van der Waals surface area contributed by atoms with Gasteiger partial charge in [-0.1, -0.05) is 50.5 Å². The molecule has 2 aromatic carbocycles. The molecule has 2 aromatic rings. The fourth-order valence-corrected chi connectivity index (χ4v) is 4.90. The molecule has 4 heteroatoms. The molecule has 1 fully saturated rings. The summed E-state index contributed by atoms with van der Waals surface area (Å²) in [6.07, 6.45) is 11.2. The maximum absolute atomic E-state index is 6.50. The second-order valence-electron chi connectivity index (χ2n) is 8.81. The van der Waals surface area contributed by atoms with Gasteiger partial charge in [-0.05, 0) is 54.7 Å². The van der Waals surface area contributed by atoms with Crippen molar-refractivity contribution in [3.8, 4) is 11.5 Å². The highest BCUT2D eigenvalue weighted by Gasteiger charge is 2.36. The zero-order chi connectivity index (χ0) is 20.4. The van der Waals surface area contributed by atoms with Gasteiger partial charge in [0, 0.05) is 18.4 Å². The van der Waals surface area contributed by atoms with Crippen LogP contribution in [0, 0.1) is 0 Å². The van der Waals surface area contributed by atoms with Gasteiger partial charge in [-0.25, -0.2) is 0 Å². The van der Waals surface area contributed by atoms with E-state index in [2.05, 4.69) is 54.9 Å². The number of nitrogens with one attached hydrogen (secondary N) is 1. The van der Waals surface area contributed by atoms with Gasteiger partial charge in [0.15, 0.2) is 11.5 Å². The standard InChI is InChI=1S/C26H31NO3/c1-2-14-28-24-11-10-21(23-18-26(30-27-23)12-6-3-7-13-26)17-25(24)29-22-15-19-8-4-5-9-20(19)16-22/h4-5,8-11,17-18,22,27H,2-3,6-7,12-16H2,1H3. The van der Waals surface area contributed by atoms with Crippen LogP contribution in [0.15, 0.2) is 48.5 Å². The predicted octanol–water partition coefficient (Wildman–Crippen LogP) is 5.60. The minimum absolute atomic E-state index is 0.140. The van der Waals surface area contributed by atoms with Crippen LogP contribution in [0.3, 0.4) is 0 Å². The van der Waals surface area contributed by atoms with E-state index in [9.17, 15) is 0 Å². The molecule has 30 heavy (non-hydrogen) atoms. The monoisotopic (exact) mass is 405 g/mol. The summed E-state index contributed by atoms with van der Waals surface area (Å²) in [7, 11) is 0. The van der Waals surface area contributed by atoms with Crippen molar-refractivity contribution in [2.24, 2.45) is 0 Å². The van der Waals surface area contributed by atoms with Gasteiger partial charge in [-0.15, -0.1) is 0 Å². The Morgan fingerprint density at radius 3 is 2.50 bits per heavy atom. The molecule has 1 heterocycles. The van der Waals surface area contributed by atoms with Crippen LogP contribution in [0.4, 0.5) is 0 Å². The lowest BCUT2D eigenvalue weighted by molar-refractivity contribution is -0.0557. The summed E-state index contributed by atoms with van der Waals surface area (Å²) in [5.41, 5.74) is 7.97. The molecule has 1 aliphatic heterocycles. The van der Waals surface area contributed by atoms with Crippen LogP contribution < -0.4 is 15.0 Å². The molecule has 0 bridgehead atoms. The Morgan fingerprint density at radius 1 is 1.00 bits per heavy atom. The second-order valence-corrected chi connectivity index (χ2v) is 8.81. The average Bonchev–Trinajstić information content (AvgIpc) is 3.37. The third-order valence-corrected chi connectivity index (χ3v) is 6.50. The largest absolute Gasteiger partial charge is 0.490 e. The number of fused-ring (bicyclic) bond motifs is 1. The zero-order valence-corrected chi connectivity index (χ0v) is 17.8. The van der Waals surface area contributed by atoms with Gasteiger partial charge in [-0.2, -0.15) is 0 Å². The van der Waals surface area contributed by atoms with Gasteiger partial charge in [0.05, 0.1) is 12.3 Å². The molecule has 0 saturated heterocycles. The Kier molecular flexibility index (Phi) is 5.43. The van der Waals surface area contributed by atoms with E-state index in [0.717, 1.165) is 54.9 Å². The van der Waals surface area contributed by atoms with Gasteiger partial charge in [0.25, 0.3) is 0 Å². The summed E-state index contributed by atoms with van der Waals surface area (Å²) in [6.45, 7) is 2.81. The van der Waals surface area contributed by atoms with E-state index in [-0.39, 0.29) is 11.7 Å². The molecular formula is C26H31NO3. The van der Waals surface area contributed by atoms with Crippen molar-refractivity contribution in [1.29, 1.82) is 0 Å². The average molecular weight is 406 g/mol. The van der Waals surface area contributed by atoms with Gasteiger partial charge < -0.3 is 9.47 Å². The topological polar surface area (TPSA) is 39.7 Å². The van der Waals surface area contributed by atoms with Crippen molar-refractivity contribution in [2.45, 2.75) is 70.0 Å². The molecule has 0 atom stereocenters. The molecule has 158 valence electrons. The van der Waals surface area contributed by atoms with E-state index in [1.165, 1.54) is 30.4 Å². The van der Waals surface area contributed by atoms with Crippen molar-refractivity contribution in [3.63, 3.8) is 0 Å². The second kappa shape index (κ2) is 8.35. The number of benzene rings is 2. The molecule has 1 N–H and O–H groups in total. The molecule has 0 aromatic heterocycles. The fraction of sp³-hybridized carbons (Fsp3) is 0.462. The highest BCUT2D eigenvalue weighted by atomic mass is 16.7. The van der Waals surface area contributed by atoms with Gasteiger partial charge >= 0.3 is 0 Å². The number of hydrogen-bond acceptors (Lipinski definition) is 4. The quantitative estimate of drug-likeness (QED) is 0.679. The molecule has 0 radical (unpaired) electrons. The van der Waals surface area contributed by atoms with Crippen LogP contribution in [0.1, 0.15) is 62.1 Å². The Labute approximate surface area is 179 Å². The van der Waals surface area contributed by atoms with E-state index < -0.39 is 0 Å². The van der Waals surface area contributed by atoms with Crippen LogP contribution in [-0.4, -0.2) is 18.3 Å². The van der Waals surface area contributed by atoms with Crippen LogP contribution >= 0.6 is 0 Å². The molecule has 4 nitrogen and oxygen atoms in total. The molecule has 1 saturated carbocycles. The Morgan fingerprint density at radius 2 is 1.77 bits per heavy atom. The van der Waals surface area contributed by atoms with Gasteiger partial charge in [0.2, 0.25) is 0 Å². The smallest absolute Gasteiger partial charge is 0.162 e. The minimum Gasteiger partial charge on any atom is -0.490 e. The summed E-state index contributed by atoms with van der Waals surface area (Å²) in [5, 5.41) is 0. The predicted molar refractivity (Wildman–Crippen MR) is 119 cm³/mol. The first-order valence-corrected chi connectivity index (χ1v) is 11.4. The molecule has 2 aliphatic carbocycles. The van der Waals surface area contributed by atoms with E-state index in [1.807, 2.05) is 6.07 Å². The molecule has 0 unspecified atom stereocenters. The minimum atomic E-state index is -0.140. The van der Waals surface area contributed by atoms with E-state index in [4.69, 9.17) is 14.3 Å². The number of hydrogen-bond donors (Lipinski definition) is 1. The number of hydroxylamine groups is 1. The molecule has 5 rings (SSSR count). The van der Waals surface area contributed by atoms with Crippen molar-refractivity contribution in [1.82, 2.24) is 5.48 Å². The maximum atomic E-state index is 6.50. The van der Waals surface area contributed by atoms with E-state index in [1.54, 1.807) is 0 Å². The van der Waals surface area contributed by atoms with Crippen LogP contribution in [0.2, 0.25) is 0 Å². The first kappa shape index (κ1) is 19.5. The lowest BCUT2D eigenvalue weighted by Crippen LogP contribution is -2.31. The first-order chi connectivity index (χ1) is 14.7. The van der Waals surface area contributed by atoms with Gasteiger partial charge in [0.1, 0.15) is 11.7 Å². The third-order valence-electron chi connectivity index (χ3n) is 6.50. The number of ether oxygens (including phenoxy) is 2. The Bertz CT molecular complexity index is 905. The zero-order valence-electron chi connectivity index (χ0n) is 17.8. The highest BCUT2D eigenvalue weighted by molar-refractivity contribution is 5.68. The van der Waals surface area contributed by atoms with E-state index >= 15 is 0 Å².